The molecule has 0 aliphatic carbocycles. The molecule has 0 heterocycles. The van der Waals surface area contributed by atoms with Gasteiger partial charge in [0.25, 0.3) is 0 Å². The summed E-state index contributed by atoms with van der Waals surface area (Å²) in [6.45, 7) is 4.20. The van der Waals surface area contributed by atoms with Gasteiger partial charge in [0.05, 0.1) is 19.1 Å². The third-order valence-electron chi connectivity index (χ3n) is 4.82. The van der Waals surface area contributed by atoms with E-state index >= 15 is 0 Å². The van der Waals surface area contributed by atoms with E-state index in [1.165, 1.54) is 0 Å². The number of ketones is 1. The van der Waals surface area contributed by atoms with Crippen molar-refractivity contribution >= 4 is 29.5 Å². The smallest absolute Gasteiger partial charge is 0.326 e. The van der Waals surface area contributed by atoms with Crippen molar-refractivity contribution < 1.29 is 43.7 Å². The molecule has 2 amide bonds. The van der Waals surface area contributed by atoms with Gasteiger partial charge in [0.2, 0.25) is 11.8 Å². The first-order valence-corrected chi connectivity index (χ1v) is 11.4. The molecule has 11 heteroatoms. The molecule has 0 rings (SSSR count). The fraction of sp³-hybridized carbons (Fsp3) is 0.773. The molecular formula is C22H38N2O9. The van der Waals surface area contributed by atoms with Gasteiger partial charge < -0.3 is 30.3 Å². The van der Waals surface area contributed by atoms with Crippen LogP contribution in [0.1, 0.15) is 65.2 Å². The Balaban J connectivity index is 3.77. The summed E-state index contributed by atoms with van der Waals surface area (Å²) in [5.74, 6) is -3.18. The van der Waals surface area contributed by atoms with Crippen LogP contribution in [0.5, 0.6) is 0 Å². The predicted molar refractivity (Wildman–Crippen MR) is 119 cm³/mol. The summed E-state index contributed by atoms with van der Waals surface area (Å²) in [7, 11) is 0. The van der Waals surface area contributed by atoms with Gasteiger partial charge in [0, 0.05) is 32.4 Å². The molecule has 0 saturated heterocycles. The lowest BCUT2D eigenvalue weighted by Crippen LogP contribution is -2.42. The fourth-order valence-corrected chi connectivity index (χ4v) is 2.70. The van der Waals surface area contributed by atoms with Crippen molar-refractivity contribution in [3.8, 4) is 0 Å². The van der Waals surface area contributed by atoms with Crippen LogP contribution in [0, 0.1) is 5.92 Å². The maximum Gasteiger partial charge on any atom is 0.326 e. The number of carbonyl (C=O) groups is 5. The highest BCUT2D eigenvalue weighted by Gasteiger charge is 2.19. The van der Waals surface area contributed by atoms with Gasteiger partial charge in [-0.05, 0) is 32.1 Å². The van der Waals surface area contributed by atoms with Crippen LogP contribution in [0.25, 0.3) is 0 Å². The number of Topliss-reactive ketones (excluding diaryl/α,β-unsaturated/α-hetero) is 1. The van der Waals surface area contributed by atoms with Crippen LogP contribution in [0.15, 0.2) is 0 Å². The molecule has 0 aliphatic heterocycles. The van der Waals surface area contributed by atoms with E-state index in [0.717, 1.165) is 0 Å². The zero-order chi connectivity index (χ0) is 25.1. The molecule has 33 heavy (non-hydrogen) atoms. The van der Waals surface area contributed by atoms with Crippen LogP contribution in [-0.4, -0.2) is 78.8 Å². The van der Waals surface area contributed by atoms with Gasteiger partial charge in [-0.25, -0.2) is 4.79 Å². The summed E-state index contributed by atoms with van der Waals surface area (Å²) >= 11 is 0. The van der Waals surface area contributed by atoms with Crippen LogP contribution >= 0.6 is 0 Å². The average Bonchev–Trinajstić information content (AvgIpc) is 2.77. The molecule has 0 aliphatic rings. The molecule has 0 bridgehead atoms. The van der Waals surface area contributed by atoms with Crippen LogP contribution < -0.4 is 10.6 Å². The maximum atomic E-state index is 11.9. The maximum absolute atomic E-state index is 11.9. The lowest BCUT2D eigenvalue weighted by atomic mass is 10.0. The Morgan fingerprint density at radius 1 is 0.818 bits per heavy atom. The Bertz CT molecular complexity index is 625. The van der Waals surface area contributed by atoms with Gasteiger partial charge >= 0.3 is 11.9 Å². The first-order chi connectivity index (χ1) is 15.7. The van der Waals surface area contributed by atoms with Gasteiger partial charge in [0.1, 0.15) is 18.4 Å². The van der Waals surface area contributed by atoms with Crippen molar-refractivity contribution in [2.45, 2.75) is 71.3 Å². The molecule has 190 valence electrons. The summed E-state index contributed by atoms with van der Waals surface area (Å²) in [5, 5.41) is 23.1. The second-order valence-electron chi connectivity index (χ2n) is 7.74. The predicted octanol–water partition coefficient (Wildman–Crippen LogP) is 1.14. The quantitative estimate of drug-likeness (QED) is 0.178. The molecule has 0 radical (unpaired) electrons. The first kappa shape index (κ1) is 30.5. The van der Waals surface area contributed by atoms with E-state index in [4.69, 9.17) is 14.6 Å². The van der Waals surface area contributed by atoms with E-state index in [9.17, 15) is 29.1 Å². The van der Waals surface area contributed by atoms with E-state index in [-0.39, 0.29) is 44.4 Å². The van der Waals surface area contributed by atoms with Crippen molar-refractivity contribution in [2.24, 2.45) is 5.92 Å². The molecule has 0 aromatic carbocycles. The minimum atomic E-state index is -1.13. The Morgan fingerprint density at radius 3 is 2.15 bits per heavy atom. The van der Waals surface area contributed by atoms with Crippen LogP contribution in [0.2, 0.25) is 0 Å². The number of carbonyl (C=O) groups excluding carboxylic acids is 3. The number of carboxylic acid groups (broad SMARTS) is 2. The summed E-state index contributed by atoms with van der Waals surface area (Å²) in [5.41, 5.74) is 0. The summed E-state index contributed by atoms with van der Waals surface area (Å²) < 4.78 is 10.5. The lowest BCUT2D eigenvalue weighted by molar-refractivity contribution is -0.143. The third kappa shape index (κ3) is 17.7. The van der Waals surface area contributed by atoms with Gasteiger partial charge in [-0.15, -0.1) is 0 Å². The van der Waals surface area contributed by atoms with Gasteiger partial charge in [-0.1, -0.05) is 13.8 Å². The first-order valence-electron chi connectivity index (χ1n) is 11.4. The second-order valence-corrected chi connectivity index (χ2v) is 7.74. The minimum absolute atomic E-state index is 0.00156. The van der Waals surface area contributed by atoms with E-state index in [0.29, 0.717) is 51.7 Å². The van der Waals surface area contributed by atoms with Crippen LogP contribution in [0.4, 0.5) is 0 Å². The number of nitrogens with one attached hydrogen (secondary N) is 2. The molecule has 0 fully saturated rings. The van der Waals surface area contributed by atoms with E-state index in [1.807, 2.05) is 0 Å². The standard InChI is InChI=1S/C22H38N2O9/c1-3-19(26)23-11-5-4-8-18(22(30)31)24-20(27)15-33-14-13-32-12-6-7-17(25)10-9-16(2)21(28)29/h16,18H,3-15H2,1-2H3,(H,23,26)(H,24,27)(H,28,29)(H,30,31). The second kappa shape index (κ2) is 19.0. The molecule has 0 aromatic heterocycles. The molecule has 0 aromatic rings. The highest BCUT2D eigenvalue weighted by Crippen LogP contribution is 2.08. The number of carboxylic acids is 2. The van der Waals surface area contributed by atoms with Crippen molar-refractivity contribution in [2.75, 3.05) is 33.0 Å². The summed E-state index contributed by atoms with van der Waals surface area (Å²) in [4.78, 5) is 56.7. The SMILES string of the molecule is CCC(=O)NCCCCC(NC(=O)COCCOCCCC(=O)CCC(C)C(=O)O)C(=O)O. The number of amides is 2. The van der Waals surface area contributed by atoms with Crippen LogP contribution in [0.3, 0.4) is 0 Å². The van der Waals surface area contributed by atoms with E-state index in [1.54, 1.807) is 13.8 Å². The minimum Gasteiger partial charge on any atom is -0.481 e. The zero-order valence-corrected chi connectivity index (χ0v) is 19.6. The normalized spacial score (nSPS) is 12.5. The Hall–Kier alpha value is -2.53. The van der Waals surface area contributed by atoms with Crippen LogP contribution in [-0.2, 0) is 33.4 Å². The topological polar surface area (TPSA) is 168 Å². The Morgan fingerprint density at radius 2 is 1.52 bits per heavy atom. The van der Waals surface area contributed by atoms with Gasteiger partial charge in [-0.3, -0.25) is 19.2 Å². The number of hydrogen-bond donors (Lipinski definition) is 4. The Kier molecular flexibility index (Phi) is 17.5. The van der Waals surface area contributed by atoms with E-state index < -0.39 is 29.8 Å². The molecule has 0 spiro atoms. The molecular weight excluding hydrogens is 436 g/mol. The zero-order valence-electron chi connectivity index (χ0n) is 19.6. The summed E-state index contributed by atoms with van der Waals surface area (Å²) in [6, 6.07) is -1.02. The van der Waals surface area contributed by atoms with Gasteiger partial charge in [0.15, 0.2) is 0 Å². The molecule has 0 saturated carbocycles. The number of rotatable bonds is 21. The van der Waals surface area contributed by atoms with Crippen molar-refractivity contribution in [1.82, 2.24) is 10.6 Å². The molecule has 4 N–H and O–H groups in total. The van der Waals surface area contributed by atoms with E-state index in [2.05, 4.69) is 10.6 Å². The van der Waals surface area contributed by atoms with Crippen molar-refractivity contribution in [3.63, 3.8) is 0 Å². The van der Waals surface area contributed by atoms with Crippen molar-refractivity contribution in [1.29, 1.82) is 0 Å². The number of aliphatic carboxylic acids is 2. The van der Waals surface area contributed by atoms with Gasteiger partial charge in [-0.2, -0.15) is 0 Å². The molecule has 2 atom stereocenters. The largest absolute Gasteiger partial charge is 0.481 e. The monoisotopic (exact) mass is 474 g/mol. The highest BCUT2D eigenvalue weighted by atomic mass is 16.5. The molecule has 2 unspecified atom stereocenters. The average molecular weight is 475 g/mol. The Labute approximate surface area is 194 Å². The summed E-state index contributed by atoms with van der Waals surface area (Å²) in [6.07, 6.45) is 3.20. The lowest BCUT2D eigenvalue weighted by Gasteiger charge is -2.14. The number of hydrogen-bond acceptors (Lipinski definition) is 7. The van der Waals surface area contributed by atoms with Crippen molar-refractivity contribution in [3.05, 3.63) is 0 Å². The highest BCUT2D eigenvalue weighted by molar-refractivity contribution is 5.84. The molecule has 11 nitrogen and oxygen atoms in total. The third-order valence-corrected chi connectivity index (χ3v) is 4.82. The fourth-order valence-electron chi connectivity index (χ4n) is 2.70. The number of ether oxygens (including phenoxy) is 2. The number of unbranched alkanes of at least 4 members (excludes halogenated alkanes) is 1.